The van der Waals surface area contributed by atoms with E-state index >= 15 is 0 Å². The molecule has 3 nitrogen and oxygen atoms in total. The number of benzene rings is 1. The van der Waals surface area contributed by atoms with Gasteiger partial charge in [0.2, 0.25) is 0 Å². The zero-order valence-electron chi connectivity index (χ0n) is 7.88. The summed E-state index contributed by atoms with van der Waals surface area (Å²) in [5, 5.41) is 8.95. The van der Waals surface area contributed by atoms with Gasteiger partial charge in [0.05, 0.1) is 17.7 Å². The molecular formula is C10H7BrINO2. The Morgan fingerprint density at radius 1 is 1.67 bits per heavy atom. The van der Waals surface area contributed by atoms with Crippen LogP contribution in [0.25, 0.3) is 0 Å². The van der Waals surface area contributed by atoms with Gasteiger partial charge in [-0.05, 0) is 57.6 Å². The molecule has 0 saturated carbocycles. The van der Waals surface area contributed by atoms with Gasteiger partial charge in [-0.2, -0.15) is 5.26 Å². The van der Waals surface area contributed by atoms with Crippen LogP contribution in [-0.4, -0.2) is 12.6 Å². The fraction of sp³-hybridized carbons (Fsp3) is 0.200. The van der Waals surface area contributed by atoms with E-state index in [1.165, 1.54) is 0 Å². The first-order valence-corrected chi connectivity index (χ1v) is 6.04. The number of hydrogen-bond acceptors (Lipinski definition) is 3. The number of hydrogen-bond donors (Lipinski definition) is 0. The number of nitriles is 1. The summed E-state index contributed by atoms with van der Waals surface area (Å²) in [5.74, 6) is -0.467. The van der Waals surface area contributed by atoms with Crippen LogP contribution in [-0.2, 0) is 4.74 Å². The van der Waals surface area contributed by atoms with Crippen molar-refractivity contribution in [2.75, 3.05) is 6.61 Å². The van der Waals surface area contributed by atoms with Gasteiger partial charge in [-0.1, -0.05) is 0 Å². The number of esters is 1. The lowest BCUT2D eigenvalue weighted by molar-refractivity contribution is 0.0526. The molecule has 0 aliphatic carbocycles. The van der Waals surface area contributed by atoms with Gasteiger partial charge in [0.25, 0.3) is 0 Å². The first kappa shape index (κ1) is 12.5. The molecule has 0 fully saturated rings. The van der Waals surface area contributed by atoms with Crippen LogP contribution >= 0.6 is 38.5 Å². The molecule has 1 aromatic carbocycles. The van der Waals surface area contributed by atoms with Gasteiger partial charge in [-0.3, -0.25) is 0 Å². The van der Waals surface area contributed by atoms with Gasteiger partial charge in [0.15, 0.2) is 0 Å². The first-order chi connectivity index (χ1) is 7.11. The molecule has 5 heteroatoms. The van der Waals surface area contributed by atoms with Crippen molar-refractivity contribution < 1.29 is 9.53 Å². The van der Waals surface area contributed by atoms with Gasteiger partial charge >= 0.3 is 5.97 Å². The maximum Gasteiger partial charge on any atom is 0.339 e. The maximum atomic E-state index is 11.5. The van der Waals surface area contributed by atoms with Crippen molar-refractivity contribution in [3.8, 4) is 6.07 Å². The van der Waals surface area contributed by atoms with E-state index in [9.17, 15) is 4.79 Å². The average molecular weight is 380 g/mol. The highest BCUT2D eigenvalue weighted by Gasteiger charge is 2.16. The quantitative estimate of drug-likeness (QED) is 0.586. The largest absolute Gasteiger partial charge is 0.462 e. The van der Waals surface area contributed by atoms with Crippen molar-refractivity contribution >= 4 is 44.5 Å². The third kappa shape index (κ3) is 2.69. The standard InChI is InChI=1S/C10H7BrINO2/c1-2-15-10(14)6-3-4-8(12)9(11)7(6)5-13/h3-4H,2H2,1H3. The van der Waals surface area contributed by atoms with Crippen molar-refractivity contribution in [3.05, 3.63) is 31.3 Å². The summed E-state index contributed by atoms with van der Waals surface area (Å²) >= 11 is 5.36. The number of rotatable bonds is 2. The van der Waals surface area contributed by atoms with E-state index in [0.29, 0.717) is 22.2 Å². The van der Waals surface area contributed by atoms with E-state index in [4.69, 9.17) is 10.00 Å². The van der Waals surface area contributed by atoms with Crippen LogP contribution in [0.4, 0.5) is 0 Å². The van der Waals surface area contributed by atoms with Crippen LogP contribution in [0.1, 0.15) is 22.8 Å². The van der Waals surface area contributed by atoms with Crippen LogP contribution < -0.4 is 0 Å². The van der Waals surface area contributed by atoms with Gasteiger partial charge in [0, 0.05) is 8.04 Å². The first-order valence-electron chi connectivity index (χ1n) is 4.17. The van der Waals surface area contributed by atoms with Crippen LogP contribution in [0.2, 0.25) is 0 Å². The Bertz CT molecular complexity index is 440. The Morgan fingerprint density at radius 2 is 2.33 bits per heavy atom. The fourth-order valence-corrected chi connectivity index (χ4v) is 1.92. The molecular weight excluding hydrogens is 373 g/mol. The molecule has 0 unspecified atom stereocenters. The Balaban J connectivity index is 3.26. The number of halogens is 2. The van der Waals surface area contributed by atoms with Crippen LogP contribution in [0.15, 0.2) is 16.6 Å². The average Bonchev–Trinajstić information content (AvgIpc) is 2.22. The van der Waals surface area contributed by atoms with E-state index < -0.39 is 5.97 Å². The zero-order valence-corrected chi connectivity index (χ0v) is 11.6. The third-order valence-corrected chi connectivity index (χ3v) is 4.17. The predicted molar refractivity (Wildman–Crippen MR) is 67.5 cm³/mol. The van der Waals surface area contributed by atoms with Crippen LogP contribution in [0.3, 0.4) is 0 Å². The summed E-state index contributed by atoms with van der Waals surface area (Å²) in [6.45, 7) is 2.03. The van der Waals surface area contributed by atoms with E-state index in [1.807, 2.05) is 6.07 Å². The molecule has 0 atom stereocenters. The zero-order chi connectivity index (χ0) is 11.4. The summed E-state index contributed by atoms with van der Waals surface area (Å²) in [6, 6.07) is 5.35. The maximum absolute atomic E-state index is 11.5. The second-order valence-corrected chi connectivity index (χ2v) is 4.57. The highest BCUT2D eigenvalue weighted by Crippen LogP contribution is 2.26. The molecule has 15 heavy (non-hydrogen) atoms. The molecule has 0 amide bonds. The van der Waals surface area contributed by atoms with E-state index in [2.05, 4.69) is 38.5 Å². The highest BCUT2D eigenvalue weighted by atomic mass is 127. The van der Waals surface area contributed by atoms with Crippen molar-refractivity contribution in [2.45, 2.75) is 6.92 Å². The van der Waals surface area contributed by atoms with Crippen molar-refractivity contribution in [3.63, 3.8) is 0 Å². The van der Waals surface area contributed by atoms with Gasteiger partial charge < -0.3 is 4.74 Å². The highest BCUT2D eigenvalue weighted by molar-refractivity contribution is 14.1. The molecule has 78 valence electrons. The Morgan fingerprint density at radius 3 is 2.87 bits per heavy atom. The van der Waals surface area contributed by atoms with Crippen LogP contribution in [0, 0.1) is 14.9 Å². The summed E-state index contributed by atoms with van der Waals surface area (Å²) in [5.41, 5.74) is 0.618. The minimum Gasteiger partial charge on any atom is -0.462 e. The molecule has 1 rings (SSSR count). The molecule has 0 spiro atoms. The lowest BCUT2D eigenvalue weighted by Gasteiger charge is -2.06. The minimum absolute atomic E-state index is 0.298. The van der Waals surface area contributed by atoms with E-state index in [-0.39, 0.29) is 0 Å². The Hall–Kier alpha value is -0.610. The van der Waals surface area contributed by atoms with Crippen molar-refractivity contribution in [1.82, 2.24) is 0 Å². The second kappa shape index (κ2) is 5.47. The predicted octanol–water partition coefficient (Wildman–Crippen LogP) is 3.10. The van der Waals surface area contributed by atoms with Crippen LogP contribution in [0.5, 0.6) is 0 Å². The topological polar surface area (TPSA) is 50.1 Å². The molecule has 1 aromatic rings. The summed E-state index contributed by atoms with van der Waals surface area (Å²) in [6.07, 6.45) is 0. The van der Waals surface area contributed by atoms with Gasteiger partial charge in [-0.25, -0.2) is 4.79 Å². The molecule has 0 aliphatic rings. The number of nitrogens with zero attached hydrogens (tertiary/aromatic N) is 1. The van der Waals surface area contributed by atoms with E-state index in [0.717, 1.165) is 3.57 Å². The van der Waals surface area contributed by atoms with Gasteiger partial charge in [-0.15, -0.1) is 0 Å². The number of carbonyl (C=O) groups excluding carboxylic acids is 1. The fourth-order valence-electron chi connectivity index (χ4n) is 1.04. The molecule has 0 saturated heterocycles. The third-order valence-electron chi connectivity index (χ3n) is 1.70. The Labute approximate surface area is 110 Å². The number of ether oxygens (including phenoxy) is 1. The molecule has 0 heterocycles. The molecule has 0 radical (unpaired) electrons. The number of carbonyl (C=O) groups is 1. The summed E-state index contributed by atoms with van der Waals surface area (Å²) < 4.78 is 6.37. The molecule has 0 bridgehead atoms. The SMILES string of the molecule is CCOC(=O)c1ccc(I)c(Br)c1C#N. The summed E-state index contributed by atoms with van der Waals surface area (Å²) in [7, 11) is 0. The smallest absolute Gasteiger partial charge is 0.339 e. The summed E-state index contributed by atoms with van der Waals surface area (Å²) in [4.78, 5) is 11.5. The lowest BCUT2D eigenvalue weighted by Crippen LogP contribution is -2.07. The normalized spacial score (nSPS) is 9.47. The van der Waals surface area contributed by atoms with Gasteiger partial charge in [0.1, 0.15) is 6.07 Å². The second-order valence-electron chi connectivity index (χ2n) is 2.62. The molecule has 0 aliphatic heterocycles. The monoisotopic (exact) mass is 379 g/mol. The van der Waals surface area contributed by atoms with E-state index in [1.54, 1.807) is 19.1 Å². The minimum atomic E-state index is -0.467. The van der Waals surface area contributed by atoms with Crippen molar-refractivity contribution in [2.24, 2.45) is 0 Å². The molecule has 0 aromatic heterocycles. The lowest BCUT2D eigenvalue weighted by atomic mass is 10.1. The Kier molecular flexibility index (Phi) is 4.54. The molecule has 0 N–H and O–H groups in total. The van der Waals surface area contributed by atoms with Crippen molar-refractivity contribution in [1.29, 1.82) is 5.26 Å².